The van der Waals surface area contributed by atoms with Gasteiger partial charge in [0, 0.05) is 24.7 Å². The number of hydrogen-bond donors (Lipinski definition) is 2. The Morgan fingerprint density at radius 3 is 2.87 bits per heavy atom. The second kappa shape index (κ2) is 4.24. The quantitative estimate of drug-likeness (QED) is 0.684. The van der Waals surface area contributed by atoms with Crippen molar-refractivity contribution in [1.82, 2.24) is 5.32 Å². The Morgan fingerprint density at radius 1 is 1.53 bits per heavy atom. The molecule has 0 aromatic rings. The van der Waals surface area contributed by atoms with Gasteiger partial charge in [-0.15, -0.1) is 0 Å². The largest absolute Gasteiger partial charge is 0.377 e. The van der Waals surface area contributed by atoms with E-state index in [-0.39, 0.29) is 11.6 Å². The Morgan fingerprint density at radius 2 is 2.33 bits per heavy atom. The molecule has 0 spiro atoms. The third-order valence-electron chi connectivity index (χ3n) is 3.86. The summed E-state index contributed by atoms with van der Waals surface area (Å²) in [6.07, 6.45) is 6.86. The highest BCUT2D eigenvalue weighted by atomic mass is 16.5. The zero-order valence-corrected chi connectivity index (χ0v) is 9.70. The third kappa shape index (κ3) is 2.41. The lowest BCUT2D eigenvalue weighted by Crippen LogP contribution is -2.49. The first-order valence-electron chi connectivity index (χ1n) is 5.91. The van der Waals surface area contributed by atoms with Crippen molar-refractivity contribution in [2.24, 2.45) is 11.7 Å². The van der Waals surface area contributed by atoms with E-state index < -0.39 is 0 Å². The highest BCUT2D eigenvalue weighted by molar-refractivity contribution is 5.06. The van der Waals surface area contributed by atoms with Gasteiger partial charge >= 0.3 is 0 Å². The number of hydrogen-bond acceptors (Lipinski definition) is 3. The van der Waals surface area contributed by atoms with Crippen molar-refractivity contribution in [3.8, 4) is 0 Å². The van der Waals surface area contributed by atoms with E-state index in [9.17, 15) is 0 Å². The van der Waals surface area contributed by atoms with Gasteiger partial charge in [-0.25, -0.2) is 0 Å². The number of rotatable bonds is 3. The molecule has 86 valence electrons. The molecule has 0 aromatic heterocycles. The molecule has 0 bridgehead atoms. The summed E-state index contributed by atoms with van der Waals surface area (Å²) in [5.74, 6) is 0.602. The Balaban J connectivity index is 1.80. The molecule has 1 heterocycles. The molecular weight excluding hydrogens is 188 g/mol. The first-order valence-corrected chi connectivity index (χ1v) is 5.91. The van der Waals surface area contributed by atoms with E-state index in [0.717, 1.165) is 26.0 Å². The average Bonchev–Trinajstić information content (AvgIpc) is 2.73. The summed E-state index contributed by atoms with van der Waals surface area (Å²) < 4.78 is 5.60. The maximum absolute atomic E-state index is 5.83. The summed E-state index contributed by atoms with van der Waals surface area (Å²) in [6.45, 7) is 6.30. The Bertz CT molecular complexity index is 254. The lowest BCUT2D eigenvalue weighted by Gasteiger charge is -2.30. The lowest BCUT2D eigenvalue weighted by molar-refractivity contribution is 0.0878. The van der Waals surface area contributed by atoms with Crippen LogP contribution in [0, 0.1) is 5.92 Å². The van der Waals surface area contributed by atoms with Crippen LogP contribution in [0.25, 0.3) is 0 Å². The first-order chi connectivity index (χ1) is 7.10. The van der Waals surface area contributed by atoms with E-state index >= 15 is 0 Å². The predicted molar refractivity (Wildman–Crippen MR) is 61.7 cm³/mol. The molecule has 3 heteroatoms. The van der Waals surface area contributed by atoms with Crippen molar-refractivity contribution in [3.05, 3.63) is 12.2 Å². The van der Waals surface area contributed by atoms with Crippen LogP contribution in [0.2, 0.25) is 0 Å². The molecule has 3 nitrogen and oxygen atoms in total. The zero-order chi connectivity index (χ0) is 10.9. The van der Waals surface area contributed by atoms with Gasteiger partial charge in [-0.3, -0.25) is 0 Å². The normalized spacial score (nSPS) is 45.1. The fourth-order valence-electron chi connectivity index (χ4n) is 2.39. The van der Waals surface area contributed by atoms with Crippen LogP contribution in [0.5, 0.6) is 0 Å². The Hall–Kier alpha value is -0.380. The monoisotopic (exact) mass is 210 g/mol. The molecule has 1 fully saturated rings. The molecule has 15 heavy (non-hydrogen) atoms. The van der Waals surface area contributed by atoms with Crippen LogP contribution in [-0.2, 0) is 4.74 Å². The molecule has 2 aliphatic rings. The van der Waals surface area contributed by atoms with Crippen LogP contribution in [0.4, 0.5) is 0 Å². The van der Waals surface area contributed by atoms with Gasteiger partial charge in [0.25, 0.3) is 0 Å². The van der Waals surface area contributed by atoms with Gasteiger partial charge in [-0.1, -0.05) is 12.2 Å². The maximum Gasteiger partial charge on any atom is 0.0726 e. The first kappa shape index (κ1) is 11.1. The molecule has 4 unspecified atom stereocenters. The van der Waals surface area contributed by atoms with E-state index in [1.165, 1.54) is 0 Å². The van der Waals surface area contributed by atoms with Gasteiger partial charge in [0.1, 0.15) is 0 Å². The summed E-state index contributed by atoms with van der Waals surface area (Å²) >= 11 is 0. The molecule has 1 aliphatic carbocycles. The van der Waals surface area contributed by atoms with Crippen molar-refractivity contribution in [3.63, 3.8) is 0 Å². The topological polar surface area (TPSA) is 47.3 Å². The molecule has 1 aliphatic heterocycles. The van der Waals surface area contributed by atoms with Crippen LogP contribution in [-0.4, -0.2) is 30.8 Å². The van der Waals surface area contributed by atoms with Gasteiger partial charge in [0.2, 0.25) is 0 Å². The molecule has 1 saturated heterocycles. The zero-order valence-electron chi connectivity index (χ0n) is 9.70. The molecule has 4 atom stereocenters. The molecule has 3 N–H and O–H groups in total. The second-order valence-electron chi connectivity index (χ2n) is 5.11. The number of ether oxygens (including phenoxy) is 1. The summed E-state index contributed by atoms with van der Waals surface area (Å²) in [5, 5.41) is 3.64. The van der Waals surface area contributed by atoms with Crippen molar-refractivity contribution in [2.75, 3.05) is 13.2 Å². The van der Waals surface area contributed by atoms with Crippen molar-refractivity contribution < 1.29 is 4.74 Å². The van der Waals surface area contributed by atoms with Gasteiger partial charge in [0.15, 0.2) is 0 Å². The van der Waals surface area contributed by atoms with E-state index in [1.54, 1.807) is 0 Å². The van der Waals surface area contributed by atoms with Gasteiger partial charge in [-0.2, -0.15) is 0 Å². The average molecular weight is 210 g/mol. The van der Waals surface area contributed by atoms with Crippen LogP contribution < -0.4 is 11.1 Å². The highest BCUT2D eigenvalue weighted by Gasteiger charge is 2.36. The van der Waals surface area contributed by atoms with Crippen LogP contribution in [0.15, 0.2) is 12.2 Å². The van der Waals surface area contributed by atoms with E-state index in [2.05, 4.69) is 31.3 Å². The molecule has 0 amide bonds. The van der Waals surface area contributed by atoms with E-state index in [1.807, 2.05) is 0 Å². The SMILES string of the molecule is CC1OCCC1(C)NCC1C=CC(N)C1. The molecule has 0 saturated carbocycles. The molecule has 2 rings (SSSR count). The second-order valence-corrected chi connectivity index (χ2v) is 5.11. The van der Waals surface area contributed by atoms with Gasteiger partial charge in [0.05, 0.1) is 6.10 Å². The third-order valence-corrected chi connectivity index (χ3v) is 3.86. The van der Waals surface area contributed by atoms with Crippen molar-refractivity contribution in [1.29, 1.82) is 0 Å². The summed E-state index contributed by atoms with van der Waals surface area (Å²) in [6, 6.07) is 0.266. The fourth-order valence-corrected chi connectivity index (χ4v) is 2.39. The number of nitrogens with one attached hydrogen (secondary N) is 1. The molecular formula is C12H22N2O. The highest BCUT2D eigenvalue weighted by Crippen LogP contribution is 2.26. The summed E-state index contributed by atoms with van der Waals surface area (Å²) in [7, 11) is 0. The smallest absolute Gasteiger partial charge is 0.0726 e. The van der Waals surface area contributed by atoms with Gasteiger partial charge < -0.3 is 15.8 Å². The van der Waals surface area contributed by atoms with Crippen LogP contribution in [0.3, 0.4) is 0 Å². The van der Waals surface area contributed by atoms with E-state index in [4.69, 9.17) is 10.5 Å². The van der Waals surface area contributed by atoms with E-state index in [0.29, 0.717) is 12.0 Å². The summed E-state index contributed by atoms with van der Waals surface area (Å²) in [5.41, 5.74) is 5.98. The lowest BCUT2D eigenvalue weighted by atomic mass is 9.93. The van der Waals surface area contributed by atoms with Crippen LogP contribution >= 0.6 is 0 Å². The fraction of sp³-hybridized carbons (Fsp3) is 0.833. The molecule has 0 aromatic carbocycles. The maximum atomic E-state index is 5.83. The minimum Gasteiger partial charge on any atom is -0.377 e. The predicted octanol–water partition coefficient (Wildman–Crippen LogP) is 1.05. The van der Waals surface area contributed by atoms with Gasteiger partial charge in [-0.05, 0) is 32.6 Å². The molecule has 0 radical (unpaired) electrons. The Labute approximate surface area is 92.1 Å². The Kier molecular flexibility index (Phi) is 3.14. The summed E-state index contributed by atoms with van der Waals surface area (Å²) in [4.78, 5) is 0. The van der Waals surface area contributed by atoms with Crippen molar-refractivity contribution >= 4 is 0 Å². The van der Waals surface area contributed by atoms with Crippen LogP contribution in [0.1, 0.15) is 26.7 Å². The minimum atomic E-state index is 0.153. The standard InChI is InChI=1S/C12H22N2O/c1-9-12(2,5-6-15-9)14-8-10-3-4-11(13)7-10/h3-4,9-11,14H,5-8,13H2,1-2H3. The van der Waals surface area contributed by atoms with Crippen molar-refractivity contribution in [2.45, 2.75) is 44.4 Å². The minimum absolute atomic E-state index is 0.153. The number of nitrogens with two attached hydrogens (primary N) is 1.